The van der Waals surface area contributed by atoms with Crippen molar-refractivity contribution >= 4 is 10.0 Å². The van der Waals surface area contributed by atoms with Crippen LogP contribution in [-0.4, -0.2) is 45.6 Å². The van der Waals surface area contributed by atoms with Crippen LogP contribution >= 0.6 is 0 Å². The van der Waals surface area contributed by atoms with Crippen molar-refractivity contribution in [2.45, 2.75) is 30.8 Å². The molecule has 0 radical (unpaired) electrons. The molecule has 1 aromatic rings. The first kappa shape index (κ1) is 16.4. The molecule has 0 aromatic heterocycles. The van der Waals surface area contributed by atoms with Crippen LogP contribution in [0.1, 0.15) is 18.9 Å². The van der Waals surface area contributed by atoms with Crippen molar-refractivity contribution in [2.24, 2.45) is 11.7 Å². The molecule has 1 saturated heterocycles. The Morgan fingerprint density at radius 2 is 2.00 bits per heavy atom. The van der Waals surface area contributed by atoms with Gasteiger partial charge < -0.3 is 10.5 Å². The van der Waals surface area contributed by atoms with Gasteiger partial charge in [-0.15, -0.1) is 0 Å². The summed E-state index contributed by atoms with van der Waals surface area (Å²) < 4.78 is 32.3. The van der Waals surface area contributed by atoms with E-state index < -0.39 is 10.0 Å². The number of rotatable bonds is 5. The summed E-state index contributed by atoms with van der Waals surface area (Å²) in [7, 11) is -1.80. The van der Waals surface area contributed by atoms with Crippen molar-refractivity contribution < 1.29 is 13.2 Å². The quantitative estimate of drug-likeness (QED) is 0.887. The summed E-state index contributed by atoms with van der Waals surface area (Å²) in [4.78, 5) is 0.340. The van der Waals surface area contributed by atoms with E-state index in [2.05, 4.69) is 6.92 Å². The Bertz CT molecular complexity index is 557. The van der Waals surface area contributed by atoms with Crippen LogP contribution in [0.25, 0.3) is 0 Å². The Hall–Kier alpha value is -0.950. The van der Waals surface area contributed by atoms with Gasteiger partial charge in [-0.2, -0.15) is 4.31 Å². The third-order valence-corrected chi connectivity index (χ3v) is 6.03. The van der Waals surface area contributed by atoms with Crippen molar-refractivity contribution in [2.75, 3.05) is 26.7 Å². The standard InChI is InChI=1S/C15H24N2O3S/c1-12-8-10-17(11-15(12)20-2)21(18,19)14-5-3-13(4-6-14)7-9-16/h3-6,12,15H,7-11,16H2,1-2H3. The summed E-state index contributed by atoms with van der Waals surface area (Å²) in [6.07, 6.45) is 1.54. The van der Waals surface area contributed by atoms with E-state index in [-0.39, 0.29) is 6.10 Å². The second-order valence-electron chi connectivity index (χ2n) is 5.59. The fourth-order valence-corrected chi connectivity index (χ4v) is 4.14. The molecule has 2 rings (SSSR count). The molecule has 1 aromatic carbocycles. The lowest BCUT2D eigenvalue weighted by Crippen LogP contribution is -2.46. The number of methoxy groups -OCH3 is 1. The fourth-order valence-electron chi connectivity index (χ4n) is 2.67. The minimum absolute atomic E-state index is 0.0370. The summed E-state index contributed by atoms with van der Waals surface area (Å²) in [5.41, 5.74) is 6.56. The van der Waals surface area contributed by atoms with Gasteiger partial charge in [0.25, 0.3) is 0 Å². The van der Waals surface area contributed by atoms with Crippen molar-refractivity contribution in [3.8, 4) is 0 Å². The number of hydrogen-bond acceptors (Lipinski definition) is 4. The molecule has 0 spiro atoms. The highest BCUT2D eigenvalue weighted by Crippen LogP contribution is 2.25. The number of benzene rings is 1. The van der Waals surface area contributed by atoms with Crippen LogP contribution in [0.3, 0.4) is 0 Å². The number of piperidine rings is 1. The minimum Gasteiger partial charge on any atom is -0.380 e. The average molecular weight is 312 g/mol. The molecule has 0 saturated carbocycles. The van der Waals surface area contributed by atoms with E-state index in [1.54, 1.807) is 19.2 Å². The number of ether oxygens (including phenoxy) is 1. The second kappa shape index (κ2) is 6.87. The zero-order valence-corrected chi connectivity index (χ0v) is 13.5. The molecule has 118 valence electrons. The fraction of sp³-hybridized carbons (Fsp3) is 0.600. The number of nitrogens with zero attached hydrogens (tertiary/aromatic N) is 1. The Morgan fingerprint density at radius 3 is 2.57 bits per heavy atom. The van der Waals surface area contributed by atoms with E-state index in [1.807, 2.05) is 12.1 Å². The van der Waals surface area contributed by atoms with Crippen LogP contribution in [0.5, 0.6) is 0 Å². The predicted octanol–water partition coefficient (Wildman–Crippen LogP) is 1.23. The van der Waals surface area contributed by atoms with E-state index >= 15 is 0 Å². The maximum absolute atomic E-state index is 12.7. The van der Waals surface area contributed by atoms with Crippen molar-refractivity contribution in [1.82, 2.24) is 4.31 Å². The zero-order chi connectivity index (χ0) is 15.5. The molecule has 5 nitrogen and oxygen atoms in total. The first-order valence-corrected chi connectivity index (χ1v) is 8.75. The Kier molecular flexibility index (Phi) is 5.37. The third kappa shape index (κ3) is 3.63. The summed E-state index contributed by atoms with van der Waals surface area (Å²) in [6, 6.07) is 7.00. The molecule has 6 heteroatoms. The Morgan fingerprint density at radius 1 is 1.33 bits per heavy atom. The highest BCUT2D eigenvalue weighted by Gasteiger charge is 2.33. The number of nitrogens with two attached hydrogens (primary N) is 1. The van der Waals surface area contributed by atoms with Crippen LogP contribution in [0.2, 0.25) is 0 Å². The molecule has 1 aliphatic rings. The Labute approximate surface area is 127 Å². The smallest absolute Gasteiger partial charge is 0.243 e. The Balaban J connectivity index is 2.17. The molecular weight excluding hydrogens is 288 g/mol. The van der Waals surface area contributed by atoms with Crippen LogP contribution in [0.4, 0.5) is 0 Å². The van der Waals surface area contributed by atoms with Gasteiger partial charge in [0.15, 0.2) is 0 Å². The topological polar surface area (TPSA) is 72.6 Å². The van der Waals surface area contributed by atoms with Crippen molar-refractivity contribution in [3.63, 3.8) is 0 Å². The molecule has 1 aliphatic heterocycles. The summed E-state index contributed by atoms with van der Waals surface area (Å²) >= 11 is 0. The maximum atomic E-state index is 12.7. The maximum Gasteiger partial charge on any atom is 0.243 e. The molecule has 0 aliphatic carbocycles. The largest absolute Gasteiger partial charge is 0.380 e. The molecule has 0 amide bonds. The van der Waals surface area contributed by atoms with Gasteiger partial charge in [-0.25, -0.2) is 8.42 Å². The summed E-state index contributed by atoms with van der Waals surface area (Å²) in [6.45, 7) is 3.63. The monoisotopic (exact) mass is 312 g/mol. The SMILES string of the molecule is COC1CN(S(=O)(=O)c2ccc(CCN)cc2)CCC1C. The van der Waals surface area contributed by atoms with Gasteiger partial charge in [0, 0.05) is 20.2 Å². The van der Waals surface area contributed by atoms with Gasteiger partial charge in [-0.3, -0.25) is 0 Å². The van der Waals surface area contributed by atoms with Crippen LogP contribution < -0.4 is 5.73 Å². The van der Waals surface area contributed by atoms with Gasteiger partial charge in [0.2, 0.25) is 10.0 Å². The number of hydrogen-bond donors (Lipinski definition) is 1. The molecule has 2 N–H and O–H groups in total. The molecule has 2 unspecified atom stereocenters. The van der Waals surface area contributed by atoms with E-state index in [4.69, 9.17) is 10.5 Å². The van der Waals surface area contributed by atoms with Crippen LogP contribution in [-0.2, 0) is 21.2 Å². The van der Waals surface area contributed by atoms with E-state index in [9.17, 15) is 8.42 Å². The molecule has 0 bridgehead atoms. The van der Waals surface area contributed by atoms with Gasteiger partial charge in [0.1, 0.15) is 0 Å². The second-order valence-corrected chi connectivity index (χ2v) is 7.52. The lowest BCUT2D eigenvalue weighted by Gasteiger charge is -2.35. The zero-order valence-electron chi connectivity index (χ0n) is 12.7. The molecular formula is C15H24N2O3S. The third-order valence-electron chi connectivity index (χ3n) is 4.15. The van der Waals surface area contributed by atoms with E-state index in [0.717, 1.165) is 18.4 Å². The number of sulfonamides is 1. The van der Waals surface area contributed by atoms with Crippen molar-refractivity contribution in [1.29, 1.82) is 0 Å². The highest BCUT2D eigenvalue weighted by molar-refractivity contribution is 7.89. The average Bonchev–Trinajstić information content (AvgIpc) is 2.48. The van der Waals surface area contributed by atoms with E-state index in [0.29, 0.717) is 30.4 Å². The molecule has 1 fully saturated rings. The summed E-state index contributed by atoms with van der Waals surface area (Å²) in [5, 5.41) is 0. The van der Waals surface area contributed by atoms with Crippen LogP contribution in [0.15, 0.2) is 29.2 Å². The van der Waals surface area contributed by atoms with Gasteiger partial charge in [-0.1, -0.05) is 19.1 Å². The molecule has 1 heterocycles. The molecule has 21 heavy (non-hydrogen) atoms. The first-order chi connectivity index (χ1) is 9.98. The van der Waals surface area contributed by atoms with E-state index in [1.165, 1.54) is 4.31 Å². The minimum atomic E-state index is -3.44. The summed E-state index contributed by atoms with van der Waals surface area (Å²) in [5.74, 6) is 0.383. The molecule has 2 atom stereocenters. The van der Waals surface area contributed by atoms with Gasteiger partial charge in [0.05, 0.1) is 11.0 Å². The van der Waals surface area contributed by atoms with Gasteiger partial charge in [-0.05, 0) is 43.0 Å². The lowest BCUT2D eigenvalue weighted by molar-refractivity contribution is 0.0184. The normalized spacial score (nSPS) is 24.1. The lowest BCUT2D eigenvalue weighted by atomic mass is 9.97. The first-order valence-electron chi connectivity index (χ1n) is 7.31. The highest BCUT2D eigenvalue weighted by atomic mass is 32.2. The van der Waals surface area contributed by atoms with Crippen LogP contribution in [0, 0.1) is 5.92 Å². The van der Waals surface area contributed by atoms with Gasteiger partial charge >= 0.3 is 0 Å². The van der Waals surface area contributed by atoms with Crippen molar-refractivity contribution in [3.05, 3.63) is 29.8 Å². The predicted molar refractivity (Wildman–Crippen MR) is 82.5 cm³/mol.